The van der Waals surface area contributed by atoms with Crippen LogP contribution in [0.25, 0.3) is 0 Å². The molecule has 1 aliphatic rings. The highest BCUT2D eigenvalue weighted by Gasteiger charge is 2.17. The summed E-state index contributed by atoms with van der Waals surface area (Å²) in [4.78, 5) is 25.2. The Hall–Kier alpha value is -1.95. The molecule has 0 aliphatic carbocycles. The van der Waals surface area contributed by atoms with Crippen molar-refractivity contribution in [3.05, 3.63) is 29.6 Å². The van der Waals surface area contributed by atoms with Crippen molar-refractivity contribution < 1.29 is 18.7 Å². The molecule has 1 N–H and O–H groups in total. The Morgan fingerprint density at radius 3 is 2.95 bits per heavy atom. The van der Waals surface area contributed by atoms with Crippen molar-refractivity contribution in [1.29, 1.82) is 0 Å². The van der Waals surface area contributed by atoms with E-state index in [1.165, 1.54) is 19.2 Å². The fourth-order valence-corrected chi connectivity index (χ4v) is 2.11. The number of rotatable bonds is 4. The van der Waals surface area contributed by atoms with Gasteiger partial charge in [-0.15, -0.1) is 0 Å². The smallest absolute Gasteiger partial charge is 0.221 e. The lowest BCUT2D eigenvalue weighted by atomic mass is 10.1. The molecule has 1 aromatic rings. The third-order valence-corrected chi connectivity index (χ3v) is 3.25. The Labute approximate surface area is 116 Å². The molecular formula is C14H17FN2O3. The number of Topliss-reactive ketones (excluding diaryl/α,β-unsaturated/α-hetero) is 1. The standard InChI is InChI=1S/C14H17FN2O3/c1-20-13-3-2-10(8-11(13)15)12(18)9-17-6-4-14(19)16-5-7-17/h2-3,8H,4-7,9H2,1H3,(H,16,19). The highest BCUT2D eigenvalue weighted by molar-refractivity contribution is 5.97. The summed E-state index contributed by atoms with van der Waals surface area (Å²) in [6.07, 6.45) is 0.379. The zero-order valence-corrected chi connectivity index (χ0v) is 11.3. The molecule has 1 aliphatic heterocycles. The fourth-order valence-electron chi connectivity index (χ4n) is 2.11. The van der Waals surface area contributed by atoms with Crippen LogP contribution in [0.3, 0.4) is 0 Å². The van der Waals surface area contributed by atoms with Crippen LogP contribution in [0.5, 0.6) is 5.75 Å². The molecule has 5 nitrogen and oxygen atoms in total. The molecule has 0 spiro atoms. The zero-order valence-electron chi connectivity index (χ0n) is 11.3. The minimum atomic E-state index is -0.550. The first-order valence-electron chi connectivity index (χ1n) is 6.46. The van der Waals surface area contributed by atoms with E-state index in [2.05, 4.69) is 5.32 Å². The molecule has 1 fully saturated rings. The van der Waals surface area contributed by atoms with Gasteiger partial charge in [0.25, 0.3) is 0 Å². The van der Waals surface area contributed by atoms with Crippen molar-refractivity contribution in [1.82, 2.24) is 10.2 Å². The predicted octanol–water partition coefficient (Wildman–Crippen LogP) is 0.839. The Kier molecular flexibility index (Phi) is 4.68. The molecular weight excluding hydrogens is 263 g/mol. The summed E-state index contributed by atoms with van der Waals surface area (Å²) >= 11 is 0. The van der Waals surface area contributed by atoms with E-state index in [1.54, 1.807) is 6.07 Å². The number of carbonyl (C=O) groups is 2. The molecule has 0 bridgehead atoms. The predicted molar refractivity (Wildman–Crippen MR) is 71.3 cm³/mol. The summed E-state index contributed by atoms with van der Waals surface area (Å²) in [7, 11) is 1.38. The van der Waals surface area contributed by atoms with Crippen molar-refractivity contribution in [3.63, 3.8) is 0 Å². The Morgan fingerprint density at radius 2 is 2.25 bits per heavy atom. The SMILES string of the molecule is COc1ccc(C(=O)CN2CCNC(=O)CC2)cc1F. The van der Waals surface area contributed by atoms with E-state index in [4.69, 9.17) is 4.74 Å². The van der Waals surface area contributed by atoms with Crippen LogP contribution in [0.2, 0.25) is 0 Å². The average Bonchev–Trinajstić information content (AvgIpc) is 2.63. The van der Waals surface area contributed by atoms with Crippen molar-refractivity contribution in [2.24, 2.45) is 0 Å². The summed E-state index contributed by atoms with van der Waals surface area (Å²) in [5.41, 5.74) is 0.312. The quantitative estimate of drug-likeness (QED) is 0.830. The second kappa shape index (κ2) is 6.47. The van der Waals surface area contributed by atoms with Gasteiger partial charge >= 0.3 is 0 Å². The molecule has 2 rings (SSSR count). The number of ether oxygens (including phenoxy) is 1. The first-order chi connectivity index (χ1) is 9.60. The topological polar surface area (TPSA) is 58.6 Å². The van der Waals surface area contributed by atoms with Gasteiger partial charge in [0.05, 0.1) is 13.7 Å². The van der Waals surface area contributed by atoms with E-state index in [0.29, 0.717) is 31.6 Å². The number of halogens is 1. The molecule has 0 unspecified atom stereocenters. The maximum atomic E-state index is 13.6. The molecule has 0 saturated carbocycles. The molecule has 0 atom stereocenters. The van der Waals surface area contributed by atoms with Crippen LogP contribution in [0, 0.1) is 5.82 Å². The number of amides is 1. The van der Waals surface area contributed by atoms with Crippen LogP contribution in [0.1, 0.15) is 16.8 Å². The van der Waals surface area contributed by atoms with Gasteiger partial charge in [-0.05, 0) is 18.2 Å². The minimum Gasteiger partial charge on any atom is -0.494 e. The summed E-state index contributed by atoms with van der Waals surface area (Å²) in [5, 5.41) is 2.74. The van der Waals surface area contributed by atoms with E-state index >= 15 is 0 Å². The van der Waals surface area contributed by atoms with Gasteiger partial charge in [-0.3, -0.25) is 14.5 Å². The second-order valence-corrected chi connectivity index (χ2v) is 4.65. The second-order valence-electron chi connectivity index (χ2n) is 4.65. The zero-order chi connectivity index (χ0) is 14.5. The average molecular weight is 280 g/mol. The number of hydrogen-bond acceptors (Lipinski definition) is 4. The van der Waals surface area contributed by atoms with Crippen LogP contribution < -0.4 is 10.1 Å². The van der Waals surface area contributed by atoms with Gasteiger partial charge in [0.1, 0.15) is 0 Å². The fraction of sp³-hybridized carbons (Fsp3) is 0.429. The lowest BCUT2D eigenvalue weighted by molar-refractivity contribution is -0.120. The summed E-state index contributed by atoms with van der Waals surface area (Å²) in [6, 6.07) is 4.17. The normalized spacial score (nSPS) is 16.4. The van der Waals surface area contributed by atoms with Gasteiger partial charge in [0, 0.05) is 31.6 Å². The van der Waals surface area contributed by atoms with E-state index in [0.717, 1.165) is 0 Å². The number of hydrogen-bond donors (Lipinski definition) is 1. The van der Waals surface area contributed by atoms with Gasteiger partial charge in [0.2, 0.25) is 5.91 Å². The lowest BCUT2D eigenvalue weighted by Crippen LogP contribution is -2.33. The van der Waals surface area contributed by atoms with Crippen molar-refractivity contribution in [3.8, 4) is 5.75 Å². The monoisotopic (exact) mass is 280 g/mol. The van der Waals surface area contributed by atoms with Gasteiger partial charge in [-0.25, -0.2) is 4.39 Å². The van der Waals surface area contributed by atoms with E-state index in [1.807, 2.05) is 4.90 Å². The first-order valence-corrected chi connectivity index (χ1v) is 6.46. The molecule has 1 saturated heterocycles. The summed E-state index contributed by atoms with van der Waals surface area (Å²) < 4.78 is 18.4. The maximum absolute atomic E-state index is 13.6. The lowest BCUT2D eigenvalue weighted by Gasteiger charge is -2.17. The molecule has 1 amide bonds. The Morgan fingerprint density at radius 1 is 1.45 bits per heavy atom. The summed E-state index contributed by atoms with van der Waals surface area (Å²) in [6.45, 7) is 1.87. The Bertz CT molecular complexity index is 519. The molecule has 6 heteroatoms. The van der Waals surface area contributed by atoms with Crippen LogP contribution in [0.4, 0.5) is 4.39 Å². The van der Waals surface area contributed by atoms with Crippen LogP contribution in [-0.2, 0) is 4.79 Å². The highest BCUT2D eigenvalue weighted by Crippen LogP contribution is 2.18. The van der Waals surface area contributed by atoms with Crippen molar-refractivity contribution in [2.75, 3.05) is 33.3 Å². The van der Waals surface area contributed by atoms with Gasteiger partial charge < -0.3 is 10.1 Å². The van der Waals surface area contributed by atoms with Gasteiger partial charge in [-0.2, -0.15) is 0 Å². The maximum Gasteiger partial charge on any atom is 0.221 e. The van der Waals surface area contributed by atoms with E-state index in [9.17, 15) is 14.0 Å². The van der Waals surface area contributed by atoms with Crippen molar-refractivity contribution in [2.45, 2.75) is 6.42 Å². The van der Waals surface area contributed by atoms with Crippen LogP contribution in [0.15, 0.2) is 18.2 Å². The number of nitrogens with one attached hydrogen (secondary N) is 1. The highest BCUT2D eigenvalue weighted by atomic mass is 19.1. The van der Waals surface area contributed by atoms with Crippen molar-refractivity contribution >= 4 is 11.7 Å². The van der Waals surface area contributed by atoms with E-state index in [-0.39, 0.29) is 24.0 Å². The van der Waals surface area contributed by atoms with Crippen LogP contribution >= 0.6 is 0 Å². The molecule has 1 aromatic carbocycles. The molecule has 20 heavy (non-hydrogen) atoms. The third kappa shape index (κ3) is 3.54. The molecule has 0 aromatic heterocycles. The van der Waals surface area contributed by atoms with Gasteiger partial charge in [0.15, 0.2) is 17.3 Å². The number of benzene rings is 1. The molecule has 108 valence electrons. The van der Waals surface area contributed by atoms with Gasteiger partial charge in [-0.1, -0.05) is 0 Å². The molecule has 0 radical (unpaired) electrons. The largest absolute Gasteiger partial charge is 0.494 e. The number of carbonyl (C=O) groups excluding carboxylic acids is 2. The minimum absolute atomic E-state index is 0.00422. The third-order valence-electron chi connectivity index (χ3n) is 3.25. The van der Waals surface area contributed by atoms with Crippen LogP contribution in [-0.4, -0.2) is 49.9 Å². The summed E-state index contributed by atoms with van der Waals surface area (Å²) in [5.74, 6) is -0.603. The number of ketones is 1. The first kappa shape index (κ1) is 14.5. The van der Waals surface area contributed by atoms with E-state index < -0.39 is 5.82 Å². The number of methoxy groups -OCH3 is 1. The Balaban J connectivity index is 2.00. The number of nitrogens with zero attached hydrogens (tertiary/aromatic N) is 1. The molecule has 1 heterocycles.